The summed E-state index contributed by atoms with van der Waals surface area (Å²) in [5.41, 5.74) is 10.0. The predicted octanol–water partition coefficient (Wildman–Crippen LogP) is 4.73. The van der Waals surface area contributed by atoms with Gasteiger partial charge >= 0.3 is 0 Å². The number of fused-ring (bicyclic) bond motifs is 1. The maximum atomic E-state index is 6.02. The largest absolute Gasteiger partial charge is 0.491 e. The average molecular weight is 417 g/mol. The molecule has 7 nitrogen and oxygen atoms in total. The number of imidazole rings is 1. The maximum absolute atomic E-state index is 6.02. The van der Waals surface area contributed by atoms with Gasteiger partial charge in [-0.2, -0.15) is 4.98 Å². The molecule has 2 aromatic heterocycles. The van der Waals surface area contributed by atoms with Crippen LogP contribution in [0.3, 0.4) is 0 Å². The molecule has 3 N–H and O–H groups in total. The van der Waals surface area contributed by atoms with Crippen molar-refractivity contribution in [3.05, 3.63) is 71.7 Å². The Labute approximate surface area is 182 Å². The third-order valence-electron chi connectivity index (χ3n) is 5.08. The molecule has 0 bridgehead atoms. The zero-order valence-corrected chi connectivity index (χ0v) is 18.3. The van der Waals surface area contributed by atoms with Crippen LogP contribution in [0, 0.1) is 6.92 Å². The normalized spacial score (nSPS) is 12.3. The van der Waals surface area contributed by atoms with Gasteiger partial charge in [0, 0.05) is 12.1 Å². The first-order chi connectivity index (χ1) is 14.9. The monoisotopic (exact) mass is 416 g/mol. The Hall–Kier alpha value is -3.61. The lowest BCUT2D eigenvalue weighted by molar-refractivity contribution is 0.242. The number of rotatable bonds is 7. The Bertz CT molecular complexity index is 1180. The van der Waals surface area contributed by atoms with Crippen molar-refractivity contribution >= 4 is 22.8 Å². The number of benzene rings is 2. The van der Waals surface area contributed by atoms with Crippen molar-refractivity contribution in [2.45, 2.75) is 46.4 Å². The number of para-hydroxylation sites is 2. The van der Waals surface area contributed by atoms with Gasteiger partial charge in [-0.3, -0.25) is 0 Å². The Morgan fingerprint density at radius 3 is 2.48 bits per heavy atom. The summed E-state index contributed by atoms with van der Waals surface area (Å²) < 4.78 is 7.86. The van der Waals surface area contributed by atoms with Crippen LogP contribution in [-0.2, 0) is 6.54 Å². The molecule has 0 unspecified atom stereocenters. The molecule has 0 radical (unpaired) electrons. The number of aryl methyl sites for hydroxylation is 1. The van der Waals surface area contributed by atoms with E-state index in [1.807, 2.05) is 57.2 Å². The molecule has 0 aliphatic heterocycles. The lowest BCUT2D eigenvalue weighted by Gasteiger charge is -2.17. The zero-order valence-electron chi connectivity index (χ0n) is 18.3. The third-order valence-corrected chi connectivity index (χ3v) is 5.08. The molecule has 0 aliphatic rings. The summed E-state index contributed by atoms with van der Waals surface area (Å²) >= 11 is 0. The van der Waals surface area contributed by atoms with Crippen LogP contribution in [0.2, 0.25) is 0 Å². The molecule has 7 heteroatoms. The van der Waals surface area contributed by atoms with Gasteiger partial charge in [0.05, 0.1) is 29.4 Å². The molecule has 31 heavy (non-hydrogen) atoms. The minimum atomic E-state index is 0.0473. The van der Waals surface area contributed by atoms with E-state index in [2.05, 4.69) is 50.0 Å². The summed E-state index contributed by atoms with van der Waals surface area (Å²) in [6, 6.07) is 18.2. The number of nitrogens with one attached hydrogen (secondary N) is 1. The van der Waals surface area contributed by atoms with E-state index in [-0.39, 0.29) is 18.1 Å². The number of nitrogens with two attached hydrogens (primary N) is 1. The Morgan fingerprint density at radius 2 is 1.74 bits per heavy atom. The number of anilines is 2. The van der Waals surface area contributed by atoms with Gasteiger partial charge in [0.25, 0.3) is 0 Å². The van der Waals surface area contributed by atoms with Crippen LogP contribution in [0.15, 0.2) is 54.6 Å². The van der Waals surface area contributed by atoms with Crippen LogP contribution in [-0.4, -0.2) is 25.6 Å². The lowest BCUT2D eigenvalue weighted by atomic mass is 10.1. The fourth-order valence-corrected chi connectivity index (χ4v) is 3.64. The molecule has 0 saturated carbocycles. The first-order valence-electron chi connectivity index (χ1n) is 10.5. The molecule has 0 spiro atoms. The summed E-state index contributed by atoms with van der Waals surface area (Å²) in [4.78, 5) is 13.4. The van der Waals surface area contributed by atoms with Gasteiger partial charge in [-0.05, 0) is 57.5 Å². The van der Waals surface area contributed by atoms with Crippen molar-refractivity contribution in [3.63, 3.8) is 0 Å². The molecule has 0 fully saturated rings. The number of hydrogen-bond donors (Lipinski definition) is 2. The summed E-state index contributed by atoms with van der Waals surface area (Å²) in [5.74, 6) is 2.74. The number of nitrogen functional groups attached to an aromatic ring is 1. The van der Waals surface area contributed by atoms with Crippen LogP contribution in [0.1, 0.15) is 43.9 Å². The highest BCUT2D eigenvalue weighted by Gasteiger charge is 2.12. The molecule has 2 heterocycles. The second-order valence-corrected chi connectivity index (χ2v) is 7.94. The van der Waals surface area contributed by atoms with E-state index in [9.17, 15) is 0 Å². The van der Waals surface area contributed by atoms with Crippen LogP contribution < -0.4 is 15.8 Å². The number of hydrogen-bond acceptors (Lipinski definition) is 6. The Morgan fingerprint density at radius 1 is 1.00 bits per heavy atom. The topological polar surface area (TPSA) is 90.9 Å². The van der Waals surface area contributed by atoms with Crippen molar-refractivity contribution in [2.75, 3.05) is 11.1 Å². The standard InChI is InChI=1S/C24H28N6O/c1-15(2)31-20-11-9-18(10-12-20)16(3)26-23-13-19(28-24(25)29-23)14-30-17(4)27-21-7-5-6-8-22(21)30/h5-13,15-16H,14H2,1-4H3,(H3,25,26,28,29)/t16-/m0/s1. The van der Waals surface area contributed by atoms with E-state index >= 15 is 0 Å². The Kier molecular flexibility index (Phi) is 5.75. The van der Waals surface area contributed by atoms with E-state index in [1.54, 1.807) is 0 Å². The molecule has 160 valence electrons. The van der Waals surface area contributed by atoms with Crippen molar-refractivity contribution in [2.24, 2.45) is 0 Å². The van der Waals surface area contributed by atoms with E-state index in [0.29, 0.717) is 12.4 Å². The molecule has 0 aliphatic carbocycles. The molecule has 0 amide bonds. The van der Waals surface area contributed by atoms with E-state index in [4.69, 9.17) is 10.5 Å². The van der Waals surface area contributed by atoms with E-state index in [0.717, 1.165) is 33.9 Å². The smallest absolute Gasteiger partial charge is 0.222 e. The fourth-order valence-electron chi connectivity index (χ4n) is 3.64. The van der Waals surface area contributed by atoms with Gasteiger partial charge in [-0.15, -0.1) is 0 Å². The number of aromatic nitrogens is 4. The third kappa shape index (κ3) is 4.77. The molecule has 2 aromatic carbocycles. The first-order valence-corrected chi connectivity index (χ1v) is 10.5. The summed E-state index contributed by atoms with van der Waals surface area (Å²) in [6.07, 6.45) is 0.153. The van der Waals surface area contributed by atoms with Gasteiger partial charge in [0.1, 0.15) is 17.4 Å². The summed E-state index contributed by atoms with van der Waals surface area (Å²) in [5, 5.41) is 3.43. The second kappa shape index (κ2) is 8.63. The first kappa shape index (κ1) is 20.7. The molecular weight excluding hydrogens is 388 g/mol. The minimum Gasteiger partial charge on any atom is -0.491 e. The molecule has 1 atom stereocenters. The molecule has 0 saturated heterocycles. The Balaban J connectivity index is 1.53. The van der Waals surface area contributed by atoms with Gasteiger partial charge in [-0.1, -0.05) is 24.3 Å². The highest BCUT2D eigenvalue weighted by atomic mass is 16.5. The van der Waals surface area contributed by atoms with Gasteiger partial charge in [-0.25, -0.2) is 9.97 Å². The minimum absolute atomic E-state index is 0.0473. The van der Waals surface area contributed by atoms with Crippen LogP contribution in [0.4, 0.5) is 11.8 Å². The van der Waals surface area contributed by atoms with Crippen LogP contribution >= 0.6 is 0 Å². The highest BCUT2D eigenvalue weighted by Crippen LogP contribution is 2.23. The van der Waals surface area contributed by atoms with Crippen molar-refractivity contribution in [1.82, 2.24) is 19.5 Å². The molecule has 4 rings (SSSR count). The average Bonchev–Trinajstić information content (AvgIpc) is 3.03. The molecular formula is C24H28N6O. The maximum Gasteiger partial charge on any atom is 0.222 e. The van der Waals surface area contributed by atoms with Crippen LogP contribution in [0.5, 0.6) is 5.75 Å². The van der Waals surface area contributed by atoms with Gasteiger partial charge in [0.2, 0.25) is 5.95 Å². The van der Waals surface area contributed by atoms with Crippen molar-refractivity contribution < 1.29 is 4.74 Å². The number of ether oxygens (including phenoxy) is 1. The molecule has 4 aromatic rings. The summed E-state index contributed by atoms with van der Waals surface area (Å²) in [7, 11) is 0. The van der Waals surface area contributed by atoms with Gasteiger partial charge < -0.3 is 20.4 Å². The van der Waals surface area contributed by atoms with E-state index in [1.165, 1.54) is 0 Å². The zero-order chi connectivity index (χ0) is 22.0. The predicted molar refractivity (Wildman–Crippen MR) is 124 cm³/mol. The van der Waals surface area contributed by atoms with E-state index < -0.39 is 0 Å². The number of nitrogens with zero attached hydrogens (tertiary/aromatic N) is 4. The highest BCUT2D eigenvalue weighted by molar-refractivity contribution is 5.76. The SMILES string of the molecule is Cc1nc2ccccc2n1Cc1cc(N[C@@H](C)c2ccc(OC(C)C)cc2)nc(N)n1. The second-order valence-electron chi connectivity index (χ2n) is 7.94. The summed E-state index contributed by atoms with van der Waals surface area (Å²) in [6.45, 7) is 8.69. The van der Waals surface area contributed by atoms with Crippen LogP contribution in [0.25, 0.3) is 11.0 Å². The van der Waals surface area contributed by atoms with Crippen molar-refractivity contribution in [3.8, 4) is 5.75 Å². The van der Waals surface area contributed by atoms with Gasteiger partial charge in [0.15, 0.2) is 0 Å². The quantitative estimate of drug-likeness (QED) is 0.453. The lowest BCUT2D eigenvalue weighted by Crippen LogP contribution is -2.12. The fraction of sp³-hybridized carbons (Fsp3) is 0.292. The van der Waals surface area contributed by atoms with Crippen molar-refractivity contribution in [1.29, 1.82) is 0 Å².